The summed E-state index contributed by atoms with van der Waals surface area (Å²) in [6.45, 7) is 2.08. The van der Waals surface area contributed by atoms with Gasteiger partial charge in [0.2, 0.25) is 0 Å². The minimum Gasteiger partial charge on any atom is -0.381 e. The van der Waals surface area contributed by atoms with E-state index in [0.717, 1.165) is 24.8 Å². The lowest BCUT2D eigenvalue weighted by molar-refractivity contribution is -0.159. The molecule has 0 amide bonds. The van der Waals surface area contributed by atoms with Crippen molar-refractivity contribution < 1.29 is 13.9 Å². The summed E-state index contributed by atoms with van der Waals surface area (Å²) in [5, 5.41) is 3.48. The van der Waals surface area contributed by atoms with Gasteiger partial charge in [-0.2, -0.15) is 0 Å². The summed E-state index contributed by atoms with van der Waals surface area (Å²) in [4.78, 5) is 0. The maximum absolute atomic E-state index is 13.8. The number of hydrogen-bond acceptors (Lipinski definition) is 3. The minimum absolute atomic E-state index is 0.0399. The number of benzene rings is 1. The van der Waals surface area contributed by atoms with Gasteiger partial charge in [-0.3, -0.25) is 5.32 Å². The largest absolute Gasteiger partial charge is 0.381 e. The molecular formula is C14H18FNO2. The molecule has 2 aliphatic rings. The zero-order valence-corrected chi connectivity index (χ0v) is 10.3. The Morgan fingerprint density at radius 3 is 2.72 bits per heavy atom. The Balaban J connectivity index is 1.80. The first kappa shape index (κ1) is 12.1. The van der Waals surface area contributed by atoms with E-state index in [1.54, 1.807) is 6.07 Å². The molecule has 98 valence electrons. The van der Waals surface area contributed by atoms with Crippen LogP contribution in [0.3, 0.4) is 0 Å². The second-order valence-electron chi connectivity index (χ2n) is 4.96. The minimum atomic E-state index is -0.316. The quantitative estimate of drug-likeness (QED) is 0.831. The van der Waals surface area contributed by atoms with Gasteiger partial charge in [0.15, 0.2) is 0 Å². The molecule has 1 aromatic rings. The second-order valence-corrected chi connectivity index (χ2v) is 4.96. The van der Waals surface area contributed by atoms with Crippen LogP contribution >= 0.6 is 0 Å². The van der Waals surface area contributed by atoms with Crippen LogP contribution in [0, 0.1) is 5.82 Å². The van der Waals surface area contributed by atoms with Crippen molar-refractivity contribution in [3.05, 3.63) is 35.6 Å². The third kappa shape index (κ3) is 2.28. The van der Waals surface area contributed by atoms with Crippen molar-refractivity contribution in [3.8, 4) is 0 Å². The standard InChI is InChI=1S/C14H18FNO2/c15-12-4-2-1-3-11(12)13-5-8-18-14(16-13)6-9-17-10-7-14/h1-4,13,16H,5-10H2. The Kier molecular flexibility index (Phi) is 3.33. The average Bonchev–Trinajstić information content (AvgIpc) is 2.40. The third-order valence-corrected chi connectivity index (χ3v) is 3.80. The monoisotopic (exact) mass is 251 g/mol. The van der Waals surface area contributed by atoms with Gasteiger partial charge < -0.3 is 9.47 Å². The maximum Gasteiger partial charge on any atom is 0.127 e. The van der Waals surface area contributed by atoms with E-state index in [4.69, 9.17) is 9.47 Å². The molecule has 1 spiro atoms. The molecule has 1 aromatic carbocycles. The molecule has 3 nitrogen and oxygen atoms in total. The van der Waals surface area contributed by atoms with E-state index in [2.05, 4.69) is 5.32 Å². The molecule has 0 radical (unpaired) electrons. The van der Waals surface area contributed by atoms with E-state index in [1.165, 1.54) is 6.07 Å². The Labute approximate surface area is 106 Å². The third-order valence-electron chi connectivity index (χ3n) is 3.80. The molecule has 1 atom stereocenters. The fourth-order valence-corrected chi connectivity index (χ4v) is 2.78. The van der Waals surface area contributed by atoms with Gasteiger partial charge in [-0.25, -0.2) is 4.39 Å². The summed E-state index contributed by atoms with van der Waals surface area (Å²) in [5.74, 6) is -0.140. The van der Waals surface area contributed by atoms with Crippen LogP contribution in [-0.4, -0.2) is 25.5 Å². The summed E-state index contributed by atoms with van der Waals surface area (Å²) < 4.78 is 25.1. The molecule has 2 saturated heterocycles. The zero-order chi connectivity index (χ0) is 12.4. The SMILES string of the molecule is Fc1ccccc1C1CCOC2(CCOCC2)N1. The lowest BCUT2D eigenvalue weighted by Crippen LogP contribution is -2.56. The molecule has 18 heavy (non-hydrogen) atoms. The highest BCUT2D eigenvalue weighted by Crippen LogP contribution is 2.33. The Bertz CT molecular complexity index is 413. The molecule has 2 heterocycles. The first-order chi connectivity index (χ1) is 8.79. The Hall–Kier alpha value is -0.970. The van der Waals surface area contributed by atoms with Gasteiger partial charge in [-0.15, -0.1) is 0 Å². The predicted octanol–water partition coefficient (Wildman–Crippen LogP) is 2.38. The van der Waals surface area contributed by atoms with Gasteiger partial charge in [0, 0.05) is 24.4 Å². The van der Waals surface area contributed by atoms with E-state index in [9.17, 15) is 4.39 Å². The van der Waals surface area contributed by atoms with E-state index < -0.39 is 0 Å². The molecule has 0 aliphatic carbocycles. The number of rotatable bonds is 1. The van der Waals surface area contributed by atoms with Crippen LogP contribution < -0.4 is 5.32 Å². The molecular weight excluding hydrogens is 233 g/mol. The molecule has 2 aliphatic heterocycles. The van der Waals surface area contributed by atoms with Crippen LogP contribution in [0.4, 0.5) is 4.39 Å². The number of nitrogens with one attached hydrogen (secondary N) is 1. The number of ether oxygens (including phenoxy) is 2. The van der Waals surface area contributed by atoms with Crippen molar-refractivity contribution in [2.75, 3.05) is 19.8 Å². The van der Waals surface area contributed by atoms with Gasteiger partial charge >= 0.3 is 0 Å². The van der Waals surface area contributed by atoms with E-state index in [0.29, 0.717) is 19.8 Å². The van der Waals surface area contributed by atoms with Crippen LogP contribution in [0.2, 0.25) is 0 Å². The van der Waals surface area contributed by atoms with E-state index >= 15 is 0 Å². The molecule has 2 fully saturated rings. The van der Waals surface area contributed by atoms with E-state index in [1.807, 2.05) is 12.1 Å². The van der Waals surface area contributed by atoms with Gasteiger partial charge in [-0.05, 0) is 12.5 Å². The van der Waals surface area contributed by atoms with E-state index in [-0.39, 0.29) is 17.6 Å². The summed E-state index contributed by atoms with van der Waals surface area (Å²) in [5.41, 5.74) is 0.426. The molecule has 0 bridgehead atoms. The van der Waals surface area contributed by atoms with Gasteiger partial charge in [0.05, 0.1) is 19.8 Å². The first-order valence-electron chi connectivity index (χ1n) is 6.53. The predicted molar refractivity (Wildman–Crippen MR) is 65.6 cm³/mol. The Morgan fingerprint density at radius 1 is 1.17 bits per heavy atom. The van der Waals surface area contributed by atoms with Crippen LogP contribution in [0.25, 0.3) is 0 Å². The lowest BCUT2D eigenvalue weighted by atomic mass is 9.95. The van der Waals surface area contributed by atoms with Crippen molar-refractivity contribution in [2.24, 2.45) is 0 Å². The highest BCUT2D eigenvalue weighted by molar-refractivity contribution is 5.22. The Morgan fingerprint density at radius 2 is 1.94 bits per heavy atom. The highest BCUT2D eigenvalue weighted by atomic mass is 19.1. The van der Waals surface area contributed by atoms with Gasteiger partial charge in [0.1, 0.15) is 11.5 Å². The van der Waals surface area contributed by atoms with Crippen LogP contribution in [-0.2, 0) is 9.47 Å². The van der Waals surface area contributed by atoms with Crippen LogP contribution in [0.1, 0.15) is 30.9 Å². The number of hydrogen-bond donors (Lipinski definition) is 1. The fraction of sp³-hybridized carbons (Fsp3) is 0.571. The fourth-order valence-electron chi connectivity index (χ4n) is 2.78. The molecule has 4 heteroatoms. The smallest absolute Gasteiger partial charge is 0.127 e. The molecule has 0 saturated carbocycles. The molecule has 0 aromatic heterocycles. The van der Waals surface area contributed by atoms with Crippen molar-refractivity contribution in [2.45, 2.75) is 31.0 Å². The van der Waals surface area contributed by atoms with Crippen LogP contribution in [0.15, 0.2) is 24.3 Å². The summed E-state index contributed by atoms with van der Waals surface area (Å²) in [6.07, 6.45) is 2.47. The molecule has 1 N–H and O–H groups in total. The van der Waals surface area contributed by atoms with Gasteiger partial charge in [0.25, 0.3) is 0 Å². The van der Waals surface area contributed by atoms with Crippen molar-refractivity contribution in [1.82, 2.24) is 5.32 Å². The summed E-state index contributed by atoms with van der Waals surface area (Å²) in [6, 6.07) is 7.02. The highest BCUT2D eigenvalue weighted by Gasteiger charge is 2.39. The normalized spacial score (nSPS) is 27.3. The lowest BCUT2D eigenvalue weighted by Gasteiger charge is -2.44. The number of halogens is 1. The second kappa shape index (κ2) is 4.96. The summed E-state index contributed by atoms with van der Waals surface area (Å²) >= 11 is 0. The average molecular weight is 251 g/mol. The maximum atomic E-state index is 13.8. The zero-order valence-electron chi connectivity index (χ0n) is 10.3. The van der Waals surface area contributed by atoms with Crippen molar-refractivity contribution in [1.29, 1.82) is 0 Å². The first-order valence-corrected chi connectivity index (χ1v) is 6.53. The van der Waals surface area contributed by atoms with Crippen molar-refractivity contribution >= 4 is 0 Å². The molecule has 1 unspecified atom stereocenters. The van der Waals surface area contributed by atoms with Crippen molar-refractivity contribution in [3.63, 3.8) is 0 Å². The summed E-state index contributed by atoms with van der Waals surface area (Å²) in [7, 11) is 0. The van der Waals surface area contributed by atoms with Gasteiger partial charge in [-0.1, -0.05) is 18.2 Å². The van der Waals surface area contributed by atoms with Crippen LogP contribution in [0.5, 0.6) is 0 Å². The topological polar surface area (TPSA) is 30.5 Å². The molecule has 3 rings (SSSR count).